The van der Waals surface area contributed by atoms with Crippen molar-refractivity contribution in [3.63, 3.8) is 0 Å². The number of amides is 1. The Kier molecular flexibility index (Phi) is 5.31. The molecule has 0 unspecified atom stereocenters. The summed E-state index contributed by atoms with van der Waals surface area (Å²) in [6.07, 6.45) is 1.67. The normalized spacial score (nSPS) is 15.8. The second-order valence-electron chi connectivity index (χ2n) is 5.27. The van der Waals surface area contributed by atoms with Gasteiger partial charge < -0.3 is 9.64 Å². The maximum atomic E-state index is 13.1. The summed E-state index contributed by atoms with van der Waals surface area (Å²) in [5.41, 5.74) is 0.419. The highest BCUT2D eigenvalue weighted by molar-refractivity contribution is 5.96. The van der Waals surface area contributed by atoms with Crippen LogP contribution in [0.1, 0.15) is 36.5 Å². The Balaban J connectivity index is 1.83. The Morgan fingerprint density at radius 3 is 2.67 bits per heavy atom. The number of hydrogen-bond donors (Lipinski definition) is 0. The first-order valence-corrected chi connectivity index (χ1v) is 7.30. The summed E-state index contributed by atoms with van der Waals surface area (Å²) >= 11 is 0. The van der Waals surface area contributed by atoms with Crippen molar-refractivity contribution in [2.75, 3.05) is 19.7 Å². The summed E-state index contributed by atoms with van der Waals surface area (Å²) in [7, 11) is 0. The Labute approximate surface area is 123 Å². The van der Waals surface area contributed by atoms with E-state index in [1.165, 1.54) is 12.1 Å². The van der Waals surface area contributed by atoms with Crippen molar-refractivity contribution in [2.24, 2.45) is 5.92 Å². The minimum Gasteiger partial charge on any atom is -0.450 e. The van der Waals surface area contributed by atoms with Crippen LogP contribution < -0.4 is 0 Å². The average Bonchev–Trinajstić information content (AvgIpc) is 2.48. The van der Waals surface area contributed by atoms with Gasteiger partial charge in [-0.3, -0.25) is 4.79 Å². The molecule has 1 aliphatic heterocycles. The number of piperidine rings is 1. The Bertz CT molecular complexity index is 510. The number of benzene rings is 1. The van der Waals surface area contributed by atoms with Gasteiger partial charge in [-0.25, -0.2) is 9.18 Å². The lowest BCUT2D eigenvalue weighted by molar-refractivity contribution is 0.0846. The summed E-state index contributed by atoms with van der Waals surface area (Å²) in [5.74, 6) is -0.187. The van der Waals surface area contributed by atoms with Gasteiger partial charge in [0.15, 0.2) is 5.78 Å². The molecule has 0 radical (unpaired) electrons. The van der Waals surface area contributed by atoms with Gasteiger partial charge >= 0.3 is 6.09 Å². The number of ketones is 1. The van der Waals surface area contributed by atoms with E-state index < -0.39 is 5.82 Å². The lowest BCUT2D eigenvalue weighted by atomic mass is 9.90. The van der Waals surface area contributed by atoms with E-state index in [1.54, 1.807) is 24.0 Å². The molecular formula is C16H20FNO3. The molecule has 2 rings (SSSR count). The zero-order valence-electron chi connectivity index (χ0n) is 12.2. The number of nitrogens with zero attached hydrogens (tertiary/aromatic N) is 1. The number of likely N-dealkylation sites (tertiary alicyclic amines) is 1. The van der Waals surface area contributed by atoms with E-state index in [0.29, 0.717) is 31.7 Å². The van der Waals surface area contributed by atoms with E-state index in [9.17, 15) is 14.0 Å². The van der Waals surface area contributed by atoms with Gasteiger partial charge in [-0.05, 0) is 37.8 Å². The van der Waals surface area contributed by atoms with Crippen LogP contribution in [-0.2, 0) is 4.74 Å². The zero-order chi connectivity index (χ0) is 15.2. The van der Waals surface area contributed by atoms with Gasteiger partial charge in [-0.15, -0.1) is 0 Å². The third-order valence-electron chi connectivity index (χ3n) is 3.76. The van der Waals surface area contributed by atoms with Gasteiger partial charge in [0.05, 0.1) is 6.61 Å². The largest absolute Gasteiger partial charge is 0.450 e. The third-order valence-corrected chi connectivity index (χ3v) is 3.76. The van der Waals surface area contributed by atoms with Crippen molar-refractivity contribution in [2.45, 2.75) is 26.2 Å². The molecule has 21 heavy (non-hydrogen) atoms. The highest BCUT2D eigenvalue weighted by atomic mass is 19.1. The number of ether oxygens (including phenoxy) is 1. The van der Waals surface area contributed by atoms with E-state index in [4.69, 9.17) is 4.74 Å². The Morgan fingerprint density at radius 1 is 1.33 bits per heavy atom. The molecule has 0 spiro atoms. The summed E-state index contributed by atoms with van der Waals surface area (Å²) in [6, 6.07) is 5.79. The van der Waals surface area contributed by atoms with E-state index in [1.807, 2.05) is 0 Å². The van der Waals surface area contributed by atoms with E-state index in [2.05, 4.69) is 0 Å². The molecule has 4 nitrogen and oxygen atoms in total. The van der Waals surface area contributed by atoms with Crippen LogP contribution in [0.3, 0.4) is 0 Å². The van der Waals surface area contributed by atoms with Crippen molar-refractivity contribution < 1.29 is 18.7 Å². The lowest BCUT2D eigenvalue weighted by Crippen LogP contribution is -2.39. The van der Waals surface area contributed by atoms with Gasteiger partial charge in [0.1, 0.15) is 5.82 Å². The number of rotatable bonds is 4. The number of carbonyl (C=O) groups excluding carboxylic acids is 2. The molecule has 0 N–H and O–H groups in total. The molecule has 1 heterocycles. The molecule has 0 saturated carbocycles. The number of carbonyl (C=O) groups is 2. The van der Waals surface area contributed by atoms with Crippen LogP contribution in [0.25, 0.3) is 0 Å². The van der Waals surface area contributed by atoms with Crippen LogP contribution in [0.15, 0.2) is 24.3 Å². The number of halogens is 1. The van der Waals surface area contributed by atoms with Crippen LogP contribution in [-0.4, -0.2) is 36.5 Å². The fourth-order valence-corrected chi connectivity index (χ4v) is 2.58. The molecule has 0 aliphatic carbocycles. The third kappa shape index (κ3) is 4.28. The maximum absolute atomic E-state index is 13.1. The van der Waals surface area contributed by atoms with E-state index >= 15 is 0 Å². The Hall–Kier alpha value is -1.91. The van der Waals surface area contributed by atoms with Gasteiger partial charge in [0.25, 0.3) is 0 Å². The van der Waals surface area contributed by atoms with Crippen LogP contribution in [0, 0.1) is 11.7 Å². The predicted molar refractivity (Wildman–Crippen MR) is 76.7 cm³/mol. The number of Topliss-reactive ketones (excluding diaryl/α,β-unsaturated/α-hetero) is 1. The molecule has 1 aliphatic rings. The van der Waals surface area contributed by atoms with E-state index in [0.717, 1.165) is 12.8 Å². The summed E-state index contributed by atoms with van der Waals surface area (Å²) in [6.45, 7) is 3.37. The highest BCUT2D eigenvalue weighted by Crippen LogP contribution is 2.23. The lowest BCUT2D eigenvalue weighted by Gasteiger charge is -2.30. The topological polar surface area (TPSA) is 46.6 Å². The smallest absolute Gasteiger partial charge is 0.409 e. The molecule has 1 aromatic rings. The first-order chi connectivity index (χ1) is 10.1. The SMILES string of the molecule is CCOC(=O)N1CCC(CC(=O)c2cccc(F)c2)CC1. The fraction of sp³-hybridized carbons (Fsp3) is 0.500. The van der Waals surface area contributed by atoms with Crippen LogP contribution >= 0.6 is 0 Å². The molecule has 0 atom stereocenters. The van der Waals surface area contributed by atoms with Gasteiger partial charge in [-0.1, -0.05) is 12.1 Å². The van der Waals surface area contributed by atoms with Gasteiger partial charge in [-0.2, -0.15) is 0 Å². The monoisotopic (exact) mass is 293 g/mol. The summed E-state index contributed by atoms with van der Waals surface area (Å²) in [5, 5.41) is 0. The van der Waals surface area contributed by atoms with Crippen molar-refractivity contribution in [1.82, 2.24) is 4.90 Å². The summed E-state index contributed by atoms with van der Waals surface area (Å²) < 4.78 is 18.1. The molecule has 1 amide bonds. The zero-order valence-corrected chi connectivity index (χ0v) is 12.2. The van der Waals surface area contributed by atoms with Crippen LogP contribution in [0.2, 0.25) is 0 Å². The number of hydrogen-bond acceptors (Lipinski definition) is 3. The Morgan fingerprint density at radius 2 is 2.05 bits per heavy atom. The predicted octanol–water partition coefficient (Wildman–Crippen LogP) is 3.27. The van der Waals surface area contributed by atoms with Crippen molar-refractivity contribution in [3.05, 3.63) is 35.6 Å². The fourth-order valence-electron chi connectivity index (χ4n) is 2.58. The van der Waals surface area contributed by atoms with Crippen molar-refractivity contribution >= 4 is 11.9 Å². The molecular weight excluding hydrogens is 273 g/mol. The van der Waals surface area contributed by atoms with Crippen LogP contribution in [0.5, 0.6) is 0 Å². The second kappa shape index (κ2) is 7.20. The van der Waals surface area contributed by atoms with Crippen molar-refractivity contribution in [3.8, 4) is 0 Å². The van der Waals surface area contributed by atoms with Gasteiger partial charge in [0.2, 0.25) is 0 Å². The molecule has 1 aromatic carbocycles. The van der Waals surface area contributed by atoms with Gasteiger partial charge in [0, 0.05) is 25.1 Å². The quantitative estimate of drug-likeness (QED) is 0.800. The molecule has 0 aromatic heterocycles. The van der Waals surface area contributed by atoms with Crippen molar-refractivity contribution in [1.29, 1.82) is 0 Å². The minimum atomic E-state index is -0.391. The maximum Gasteiger partial charge on any atom is 0.409 e. The first kappa shape index (κ1) is 15.5. The molecule has 0 bridgehead atoms. The highest BCUT2D eigenvalue weighted by Gasteiger charge is 2.25. The minimum absolute atomic E-state index is 0.0379. The van der Waals surface area contributed by atoms with E-state index in [-0.39, 0.29) is 17.8 Å². The second-order valence-corrected chi connectivity index (χ2v) is 5.27. The molecule has 1 fully saturated rings. The average molecular weight is 293 g/mol. The standard InChI is InChI=1S/C16H20FNO3/c1-2-21-16(20)18-8-6-12(7-9-18)10-15(19)13-4-3-5-14(17)11-13/h3-5,11-12H,2,6-10H2,1H3. The molecule has 114 valence electrons. The first-order valence-electron chi connectivity index (χ1n) is 7.30. The molecule has 1 saturated heterocycles. The van der Waals surface area contributed by atoms with Crippen LogP contribution in [0.4, 0.5) is 9.18 Å². The summed E-state index contributed by atoms with van der Waals surface area (Å²) in [4.78, 5) is 25.4. The molecule has 5 heteroatoms.